The summed E-state index contributed by atoms with van der Waals surface area (Å²) < 4.78 is 5.58. The van der Waals surface area contributed by atoms with Gasteiger partial charge in [-0.2, -0.15) is 5.10 Å². The van der Waals surface area contributed by atoms with Crippen LogP contribution in [0.5, 0.6) is 0 Å². The first-order chi connectivity index (χ1) is 13.7. The summed E-state index contributed by atoms with van der Waals surface area (Å²) in [5.74, 6) is 1.88. The number of nitrogens with zero attached hydrogens (tertiary/aromatic N) is 2. The fourth-order valence-electron chi connectivity index (χ4n) is 3.16. The minimum atomic E-state index is -0.217. The maximum Gasteiger partial charge on any atom is 0.253 e. The number of rotatable bonds is 6. The van der Waals surface area contributed by atoms with Crippen LogP contribution >= 0.6 is 23.4 Å². The molecular weight excluding hydrogens is 392 g/mol. The van der Waals surface area contributed by atoms with E-state index in [0.29, 0.717) is 17.2 Å². The van der Waals surface area contributed by atoms with Gasteiger partial charge < -0.3 is 4.42 Å². The van der Waals surface area contributed by atoms with Gasteiger partial charge in [-0.1, -0.05) is 54.1 Å². The molecule has 6 heteroatoms. The Morgan fingerprint density at radius 1 is 1.11 bits per heavy atom. The molecule has 1 aliphatic rings. The third-order valence-corrected chi connectivity index (χ3v) is 5.79. The number of amides is 1. The predicted octanol–water partition coefficient (Wildman–Crippen LogP) is 5.54. The molecule has 1 aliphatic heterocycles. The van der Waals surface area contributed by atoms with Gasteiger partial charge in [0.05, 0.1) is 17.7 Å². The van der Waals surface area contributed by atoms with Crippen molar-refractivity contribution in [2.75, 3.05) is 5.75 Å². The van der Waals surface area contributed by atoms with Crippen LogP contribution in [0.25, 0.3) is 0 Å². The third-order valence-electron chi connectivity index (χ3n) is 4.55. The van der Waals surface area contributed by atoms with Crippen LogP contribution in [0.15, 0.2) is 82.5 Å². The number of hydrogen-bond donors (Lipinski definition) is 0. The van der Waals surface area contributed by atoms with E-state index in [0.717, 1.165) is 22.8 Å². The summed E-state index contributed by atoms with van der Waals surface area (Å²) in [6.07, 6.45) is 2.24. The molecule has 1 amide bonds. The maximum atomic E-state index is 12.9. The summed E-state index contributed by atoms with van der Waals surface area (Å²) in [7, 11) is 0. The molecule has 0 N–H and O–H groups in total. The normalized spacial score (nSPS) is 16.2. The predicted molar refractivity (Wildman–Crippen MR) is 114 cm³/mol. The van der Waals surface area contributed by atoms with E-state index in [1.165, 1.54) is 5.56 Å². The molecule has 0 fully saturated rings. The molecule has 28 heavy (non-hydrogen) atoms. The Labute approximate surface area is 173 Å². The van der Waals surface area contributed by atoms with E-state index in [1.54, 1.807) is 23.0 Å². The number of thioether (sulfide) groups is 1. The molecule has 2 heterocycles. The van der Waals surface area contributed by atoms with Crippen molar-refractivity contribution in [3.8, 4) is 0 Å². The molecule has 4 nitrogen and oxygen atoms in total. The standard InChI is InChI=1S/C22H19ClN2O2S/c23-18-10-8-17(9-11-18)19-13-20(21-7-4-12-27-21)25(24-19)22(26)15-28-14-16-5-2-1-3-6-16/h1-12,20H,13-15H2/t20-/m0/s1. The third kappa shape index (κ3) is 4.32. The minimum Gasteiger partial charge on any atom is -0.467 e. The van der Waals surface area contributed by atoms with E-state index in [1.807, 2.05) is 54.6 Å². The highest BCUT2D eigenvalue weighted by Crippen LogP contribution is 2.33. The molecule has 0 unspecified atom stereocenters. The van der Waals surface area contributed by atoms with Crippen molar-refractivity contribution in [3.63, 3.8) is 0 Å². The molecule has 0 bridgehead atoms. The van der Waals surface area contributed by atoms with Crippen molar-refractivity contribution >= 4 is 35.0 Å². The zero-order valence-corrected chi connectivity index (χ0v) is 16.7. The molecule has 0 saturated carbocycles. The Hall–Kier alpha value is -2.50. The van der Waals surface area contributed by atoms with Gasteiger partial charge >= 0.3 is 0 Å². The monoisotopic (exact) mass is 410 g/mol. The highest BCUT2D eigenvalue weighted by molar-refractivity contribution is 7.99. The van der Waals surface area contributed by atoms with E-state index in [-0.39, 0.29) is 11.9 Å². The Bertz CT molecular complexity index is 956. The van der Waals surface area contributed by atoms with Gasteiger partial charge in [0.15, 0.2) is 0 Å². The number of benzene rings is 2. The van der Waals surface area contributed by atoms with Crippen LogP contribution in [0.1, 0.15) is 29.3 Å². The smallest absolute Gasteiger partial charge is 0.253 e. The van der Waals surface area contributed by atoms with Gasteiger partial charge in [0.1, 0.15) is 11.8 Å². The summed E-state index contributed by atoms with van der Waals surface area (Å²) in [6.45, 7) is 0. The highest BCUT2D eigenvalue weighted by Gasteiger charge is 2.34. The van der Waals surface area contributed by atoms with Crippen LogP contribution in [0.2, 0.25) is 5.02 Å². The number of hydrazone groups is 1. The molecule has 2 aromatic carbocycles. The van der Waals surface area contributed by atoms with Gasteiger partial charge in [-0.3, -0.25) is 4.79 Å². The zero-order chi connectivity index (χ0) is 19.3. The number of carbonyl (C=O) groups excluding carboxylic acids is 1. The van der Waals surface area contributed by atoms with Gasteiger partial charge in [0.25, 0.3) is 5.91 Å². The molecule has 142 valence electrons. The lowest BCUT2D eigenvalue weighted by atomic mass is 10.0. The molecule has 3 aromatic rings. The van der Waals surface area contributed by atoms with Crippen LogP contribution in [0.4, 0.5) is 0 Å². The van der Waals surface area contributed by atoms with Crippen LogP contribution in [0.3, 0.4) is 0 Å². The Morgan fingerprint density at radius 3 is 2.61 bits per heavy atom. The van der Waals surface area contributed by atoms with Crippen molar-refractivity contribution in [3.05, 3.63) is 94.9 Å². The summed E-state index contributed by atoms with van der Waals surface area (Å²) >= 11 is 7.58. The summed E-state index contributed by atoms with van der Waals surface area (Å²) in [5.41, 5.74) is 3.03. The van der Waals surface area contributed by atoms with E-state index in [9.17, 15) is 4.79 Å². The average molecular weight is 411 g/mol. The van der Waals surface area contributed by atoms with E-state index in [2.05, 4.69) is 17.2 Å². The lowest BCUT2D eigenvalue weighted by Crippen LogP contribution is -2.28. The number of hydrogen-bond acceptors (Lipinski definition) is 4. The van der Waals surface area contributed by atoms with Gasteiger partial charge in [0.2, 0.25) is 0 Å². The Kier molecular flexibility index (Phi) is 5.84. The fourth-order valence-corrected chi connectivity index (χ4v) is 4.12. The van der Waals surface area contributed by atoms with E-state index < -0.39 is 0 Å². The number of furan rings is 1. The Morgan fingerprint density at radius 2 is 1.89 bits per heavy atom. The van der Waals surface area contributed by atoms with Crippen molar-refractivity contribution in [1.29, 1.82) is 0 Å². The first-order valence-electron chi connectivity index (χ1n) is 9.01. The molecule has 0 saturated heterocycles. The number of carbonyl (C=O) groups is 1. The maximum absolute atomic E-state index is 12.9. The van der Waals surface area contributed by atoms with Gasteiger partial charge in [-0.25, -0.2) is 5.01 Å². The van der Waals surface area contributed by atoms with E-state index in [4.69, 9.17) is 16.0 Å². The second-order valence-electron chi connectivity index (χ2n) is 6.51. The SMILES string of the molecule is O=C(CSCc1ccccc1)N1N=C(c2ccc(Cl)cc2)C[C@H]1c1ccco1. The van der Waals surface area contributed by atoms with Crippen LogP contribution in [0, 0.1) is 0 Å². The fraction of sp³-hybridized carbons (Fsp3) is 0.182. The molecule has 1 atom stereocenters. The largest absolute Gasteiger partial charge is 0.467 e. The topological polar surface area (TPSA) is 45.8 Å². The molecule has 0 radical (unpaired) electrons. The van der Waals surface area contributed by atoms with Gasteiger partial charge in [-0.05, 0) is 35.4 Å². The molecular formula is C22H19ClN2O2S. The van der Waals surface area contributed by atoms with Crippen molar-refractivity contribution in [2.24, 2.45) is 5.10 Å². The average Bonchev–Trinajstić information content (AvgIpc) is 3.39. The molecule has 0 aliphatic carbocycles. The van der Waals surface area contributed by atoms with Crippen LogP contribution in [-0.4, -0.2) is 22.4 Å². The van der Waals surface area contributed by atoms with Crippen LogP contribution in [-0.2, 0) is 10.5 Å². The minimum absolute atomic E-state index is 0.0219. The lowest BCUT2D eigenvalue weighted by molar-refractivity contribution is -0.130. The quantitative estimate of drug-likeness (QED) is 0.535. The van der Waals surface area contributed by atoms with E-state index >= 15 is 0 Å². The first kappa shape index (κ1) is 18.8. The molecule has 0 spiro atoms. The highest BCUT2D eigenvalue weighted by atomic mass is 35.5. The summed E-state index contributed by atoms with van der Waals surface area (Å²) in [6, 6.07) is 21.2. The molecule has 1 aromatic heterocycles. The van der Waals surface area contributed by atoms with Gasteiger partial charge in [0, 0.05) is 17.2 Å². The second kappa shape index (κ2) is 8.67. The zero-order valence-electron chi connectivity index (χ0n) is 15.1. The van der Waals surface area contributed by atoms with Crippen LogP contribution < -0.4 is 0 Å². The lowest BCUT2D eigenvalue weighted by Gasteiger charge is -2.19. The van der Waals surface area contributed by atoms with Gasteiger partial charge in [-0.15, -0.1) is 11.8 Å². The summed E-state index contributed by atoms with van der Waals surface area (Å²) in [4.78, 5) is 12.9. The summed E-state index contributed by atoms with van der Waals surface area (Å²) in [5, 5.41) is 6.88. The van der Waals surface area contributed by atoms with Crippen molar-refractivity contribution in [1.82, 2.24) is 5.01 Å². The van der Waals surface area contributed by atoms with Crippen molar-refractivity contribution in [2.45, 2.75) is 18.2 Å². The molecule has 4 rings (SSSR count). The second-order valence-corrected chi connectivity index (χ2v) is 7.93. The first-order valence-corrected chi connectivity index (χ1v) is 10.5. The number of halogens is 1. The van der Waals surface area contributed by atoms with Crippen molar-refractivity contribution < 1.29 is 9.21 Å². The Balaban J connectivity index is 1.49.